The van der Waals surface area contributed by atoms with E-state index in [1.54, 1.807) is 0 Å². The fourth-order valence-electron chi connectivity index (χ4n) is 4.12. The molecular weight excluding hydrogens is 389 g/mol. The highest BCUT2D eigenvalue weighted by Gasteiger charge is 2.43. The van der Waals surface area contributed by atoms with E-state index in [2.05, 4.69) is 51.9 Å². The average molecular weight is 410 g/mol. The first-order valence-electron chi connectivity index (χ1n) is 8.03. The van der Waals surface area contributed by atoms with Crippen LogP contribution in [0.4, 0.5) is 0 Å². The van der Waals surface area contributed by atoms with Gasteiger partial charge in [-0.15, -0.1) is 0 Å². The molecule has 5 heteroatoms. The third-order valence-electron chi connectivity index (χ3n) is 5.41. The first-order chi connectivity index (χ1) is 10.6. The molecule has 0 N–H and O–H groups in total. The summed E-state index contributed by atoms with van der Waals surface area (Å²) in [5.74, 6) is 3.08. The van der Waals surface area contributed by atoms with Gasteiger partial charge in [-0.05, 0) is 40.6 Å². The highest BCUT2D eigenvalue weighted by Crippen LogP contribution is 2.38. The SMILES string of the molecule is C[N+]12CCC(CC1)C(Cc1nc(-c3cccc(I)c3)no1)C2. The largest absolute Gasteiger partial charge is 0.339 e. The topological polar surface area (TPSA) is 38.9 Å². The first kappa shape index (κ1) is 14.6. The second kappa shape index (κ2) is 5.60. The zero-order valence-corrected chi connectivity index (χ0v) is 15.0. The highest BCUT2D eigenvalue weighted by atomic mass is 127. The number of aromatic nitrogens is 2. The number of rotatable bonds is 3. The number of halogens is 1. The van der Waals surface area contributed by atoms with Crippen molar-refractivity contribution in [2.24, 2.45) is 11.8 Å². The minimum Gasteiger partial charge on any atom is -0.339 e. The summed E-state index contributed by atoms with van der Waals surface area (Å²) in [5, 5.41) is 4.18. The van der Waals surface area contributed by atoms with Crippen molar-refractivity contribution < 1.29 is 9.01 Å². The van der Waals surface area contributed by atoms with Crippen molar-refractivity contribution >= 4 is 22.6 Å². The minimum atomic E-state index is 0.705. The summed E-state index contributed by atoms with van der Waals surface area (Å²) in [4.78, 5) is 4.63. The Bertz CT molecular complexity index is 676. The molecule has 0 amide bonds. The van der Waals surface area contributed by atoms with Crippen molar-refractivity contribution in [3.8, 4) is 11.4 Å². The molecule has 0 aliphatic carbocycles. The maximum absolute atomic E-state index is 5.53. The Hall–Kier alpha value is -0.950. The summed E-state index contributed by atoms with van der Waals surface area (Å²) in [6, 6.07) is 8.24. The lowest BCUT2D eigenvalue weighted by Crippen LogP contribution is -2.59. The predicted molar refractivity (Wildman–Crippen MR) is 93.2 cm³/mol. The maximum Gasteiger partial charge on any atom is 0.227 e. The summed E-state index contributed by atoms with van der Waals surface area (Å²) >= 11 is 2.31. The molecule has 3 aliphatic heterocycles. The number of piperidine rings is 3. The van der Waals surface area contributed by atoms with Gasteiger partial charge in [-0.2, -0.15) is 4.98 Å². The number of benzene rings is 1. The van der Waals surface area contributed by atoms with Crippen LogP contribution in [0.25, 0.3) is 11.4 Å². The van der Waals surface area contributed by atoms with E-state index in [-0.39, 0.29) is 0 Å². The molecule has 1 atom stereocenters. The number of nitrogens with zero attached hydrogens (tertiary/aromatic N) is 3. The standard InChI is InChI=1S/C17H21IN3O/c1-21-7-5-12(6-8-21)14(11-21)10-16-19-17(20-22-16)13-3-2-4-15(18)9-13/h2-4,9,12,14H,5-8,10-11H2,1H3/q+1. The van der Waals surface area contributed by atoms with Gasteiger partial charge in [0.2, 0.25) is 11.7 Å². The normalized spacial score (nSPS) is 30.6. The summed E-state index contributed by atoms with van der Waals surface area (Å²) < 4.78 is 7.96. The van der Waals surface area contributed by atoms with E-state index in [1.807, 2.05) is 12.1 Å². The minimum absolute atomic E-state index is 0.705. The van der Waals surface area contributed by atoms with Crippen molar-refractivity contribution in [3.63, 3.8) is 0 Å². The Morgan fingerprint density at radius 3 is 2.86 bits per heavy atom. The van der Waals surface area contributed by atoms with Crippen LogP contribution in [-0.2, 0) is 6.42 Å². The summed E-state index contributed by atoms with van der Waals surface area (Å²) in [7, 11) is 2.40. The second-order valence-electron chi connectivity index (χ2n) is 7.07. The van der Waals surface area contributed by atoms with Crippen LogP contribution in [0, 0.1) is 15.4 Å². The van der Waals surface area contributed by atoms with Gasteiger partial charge >= 0.3 is 0 Å². The van der Waals surface area contributed by atoms with Gasteiger partial charge in [0.1, 0.15) is 0 Å². The van der Waals surface area contributed by atoms with Crippen LogP contribution < -0.4 is 0 Å². The van der Waals surface area contributed by atoms with Crippen LogP contribution in [0.3, 0.4) is 0 Å². The Morgan fingerprint density at radius 2 is 2.14 bits per heavy atom. The number of hydrogen-bond donors (Lipinski definition) is 0. The smallest absolute Gasteiger partial charge is 0.227 e. The van der Waals surface area contributed by atoms with Crippen molar-refractivity contribution in [2.45, 2.75) is 19.3 Å². The van der Waals surface area contributed by atoms with Gasteiger partial charge in [0.15, 0.2) is 0 Å². The van der Waals surface area contributed by atoms with Crippen LogP contribution in [0.1, 0.15) is 18.7 Å². The van der Waals surface area contributed by atoms with E-state index < -0.39 is 0 Å². The van der Waals surface area contributed by atoms with Crippen LogP contribution in [0.5, 0.6) is 0 Å². The van der Waals surface area contributed by atoms with Crippen molar-refractivity contribution in [1.82, 2.24) is 10.1 Å². The monoisotopic (exact) mass is 410 g/mol. The van der Waals surface area contributed by atoms with E-state index in [0.29, 0.717) is 5.92 Å². The zero-order chi connectivity index (χ0) is 15.2. The lowest BCUT2D eigenvalue weighted by atomic mass is 9.76. The van der Waals surface area contributed by atoms with Gasteiger partial charge in [0, 0.05) is 34.3 Å². The number of quaternary nitrogens is 1. The van der Waals surface area contributed by atoms with Gasteiger partial charge in [-0.3, -0.25) is 0 Å². The van der Waals surface area contributed by atoms with Crippen molar-refractivity contribution in [2.75, 3.05) is 26.7 Å². The third-order valence-corrected chi connectivity index (χ3v) is 6.08. The molecular formula is C17H21IN3O+. The lowest BCUT2D eigenvalue weighted by molar-refractivity contribution is -0.929. The fourth-order valence-corrected chi connectivity index (χ4v) is 4.66. The zero-order valence-electron chi connectivity index (χ0n) is 12.8. The Labute approximate surface area is 144 Å². The molecule has 5 rings (SSSR count). The molecule has 1 aromatic carbocycles. The first-order valence-corrected chi connectivity index (χ1v) is 9.11. The summed E-state index contributed by atoms with van der Waals surface area (Å²) in [6.45, 7) is 3.96. The fraction of sp³-hybridized carbons (Fsp3) is 0.529. The lowest BCUT2D eigenvalue weighted by Gasteiger charge is -2.50. The molecule has 4 nitrogen and oxygen atoms in total. The molecule has 2 aromatic rings. The van der Waals surface area contributed by atoms with Gasteiger partial charge in [-0.25, -0.2) is 0 Å². The molecule has 116 valence electrons. The van der Waals surface area contributed by atoms with E-state index in [4.69, 9.17) is 4.52 Å². The van der Waals surface area contributed by atoms with Crippen molar-refractivity contribution in [1.29, 1.82) is 0 Å². The molecule has 2 bridgehead atoms. The molecule has 3 fully saturated rings. The maximum atomic E-state index is 5.53. The second-order valence-corrected chi connectivity index (χ2v) is 8.32. The highest BCUT2D eigenvalue weighted by molar-refractivity contribution is 14.1. The van der Waals surface area contributed by atoms with E-state index in [1.165, 1.54) is 40.5 Å². The van der Waals surface area contributed by atoms with Gasteiger partial charge in [0.05, 0.1) is 26.7 Å². The van der Waals surface area contributed by atoms with Crippen LogP contribution in [0.15, 0.2) is 28.8 Å². The molecule has 1 aromatic heterocycles. The average Bonchev–Trinajstić information content (AvgIpc) is 2.96. The molecule has 0 saturated carbocycles. The molecule has 0 radical (unpaired) electrons. The Morgan fingerprint density at radius 1 is 1.32 bits per heavy atom. The molecule has 3 saturated heterocycles. The van der Waals surface area contributed by atoms with Crippen LogP contribution in [-0.4, -0.2) is 41.3 Å². The van der Waals surface area contributed by atoms with Crippen molar-refractivity contribution in [3.05, 3.63) is 33.7 Å². The van der Waals surface area contributed by atoms with Crippen LogP contribution in [0.2, 0.25) is 0 Å². The Balaban J connectivity index is 1.51. The van der Waals surface area contributed by atoms with E-state index in [9.17, 15) is 0 Å². The molecule has 4 heterocycles. The summed E-state index contributed by atoms with van der Waals surface area (Å²) in [5.41, 5.74) is 1.04. The molecule has 3 aliphatic rings. The third kappa shape index (κ3) is 2.80. The van der Waals surface area contributed by atoms with E-state index >= 15 is 0 Å². The van der Waals surface area contributed by atoms with Gasteiger partial charge in [0.25, 0.3) is 0 Å². The van der Waals surface area contributed by atoms with Gasteiger partial charge < -0.3 is 9.01 Å². The number of hydrogen-bond acceptors (Lipinski definition) is 3. The quantitative estimate of drug-likeness (QED) is 0.576. The number of fused-ring (bicyclic) bond motifs is 3. The van der Waals surface area contributed by atoms with Crippen LogP contribution >= 0.6 is 22.6 Å². The van der Waals surface area contributed by atoms with Gasteiger partial charge in [-0.1, -0.05) is 17.3 Å². The molecule has 1 unspecified atom stereocenters. The Kier molecular flexibility index (Phi) is 3.72. The van der Waals surface area contributed by atoms with E-state index in [0.717, 1.165) is 29.6 Å². The predicted octanol–water partition coefficient (Wildman–Crippen LogP) is 3.37. The molecule has 22 heavy (non-hydrogen) atoms. The summed E-state index contributed by atoms with van der Waals surface area (Å²) in [6.07, 6.45) is 3.66. The molecule has 0 spiro atoms.